The topological polar surface area (TPSA) is 44.8 Å². The molecule has 1 heterocycles. The van der Waals surface area contributed by atoms with Crippen LogP contribution in [0.1, 0.15) is 31.4 Å². The van der Waals surface area contributed by atoms with Gasteiger partial charge in [-0.15, -0.1) is 0 Å². The van der Waals surface area contributed by atoms with E-state index in [1.165, 1.54) is 0 Å². The fraction of sp³-hybridized carbons (Fsp3) is 0.350. The van der Waals surface area contributed by atoms with E-state index >= 15 is 0 Å². The molecule has 1 aliphatic heterocycles. The largest absolute Gasteiger partial charge is 0.489 e. The third-order valence-electron chi connectivity index (χ3n) is 3.85. The lowest BCUT2D eigenvalue weighted by molar-refractivity contribution is -0.156. The van der Waals surface area contributed by atoms with Gasteiger partial charge in [0.05, 0.1) is 6.10 Å². The first-order valence-electron chi connectivity index (χ1n) is 8.28. The molecule has 0 bridgehead atoms. The highest BCUT2D eigenvalue weighted by atomic mass is 16.6. The Labute approximate surface area is 142 Å². The van der Waals surface area contributed by atoms with Gasteiger partial charge in [0.25, 0.3) is 0 Å². The molecule has 24 heavy (non-hydrogen) atoms. The Morgan fingerprint density at radius 3 is 2.75 bits per heavy atom. The number of carbonyl (C=O) groups excluding carboxylic acids is 1. The van der Waals surface area contributed by atoms with Crippen LogP contribution in [0.15, 0.2) is 48.5 Å². The van der Waals surface area contributed by atoms with Crippen molar-refractivity contribution in [3.05, 3.63) is 59.7 Å². The molecule has 4 heteroatoms. The molecule has 0 amide bonds. The van der Waals surface area contributed by atoms with Crippen LogP contribution in [0.2, 0.25) is 0 Å². The molecule has 0 N–H and O–H groups in total. The third kappa shape index (κ3) is 4.07. The van der Waals surface area contributed by atoms with Crippen LogP contribution in [0.3, 0.4) is 0 Å². The maximum absolute atomic E-state index is 12.0. The van der Waals surface area contributed by atoms with Crippen LogP contribution in [-0.2, 0) is 22.6 Å². The maximum atomic E-state index is 12.0. The molecule has 0 saturated carbocycles. The van der Waals surface area contributed by atoms with Gasteiger partial charge in [-0.2, -0.15) is 0 Å². The summed E-state index contributed by atoms with van der Waals surface area (Å²) in [5.74, 6) is 1.14. The SMILES string of the molecule is CC(C)OC(=O)C1CCc2ccc(OCc3ccccc3)cc2O1. The number of fused-ring (bicyclic) bond motifs is 1. The number of rotatable bonds is 5. The molecular formula is C20H22O4. The van der Waals surface area contributed by atoms with Crippen LogP contribution in [0.25, 0.3) is 0 Å². The zero-order chi connectivity index (χ0) is 16.9. The Morgan fingerprint density at radius 2 is 2.00 bits per heavy atom. The minimum absolute atomic E-state index is 0.136. The fourth-order valence-corrected chi connectivity index (χ4v) is 2.65. The van der Waals surface area contributed by atoms with E-state index in [0.29, 0.717) is 18.8 Å². The van der Waals surface area contributed by atoms with Crippen molar-refractivity contribution in [2.45, 2.75) is 45.5 Å². The summed E-state index contributed by atoms with van der Waals surface area (Å²) in [4.78, 5) is 12.0. The van der Waals surface area contributed by atoms with Crippen LogP contribution in [0, 0.1) is 0 Å². The first-order chi connectivity index (χ1) is 11.6. The van der Waals surface area contributed by atoms with Gasteiger partial charge < -0.3 is 14.2 Å². The zero-order valence-corrected chi connectivity index (χ0v) is 14.0. The average molecular weight is 326 g/mol. The van der Waals surface area contributed by atoms with Gasteiger partial charge in [-0.05, 0) is 43.9 Å². The normalized spacial score (nSPS) is 16.2. The summed E-state index contributed by atoms with van der Waals surface area (Å²) < 4.78 is 16.9. The summed E-state index contributed by atoms with van der Waals surface area (Å²) in [6.45, 7) is 4.17. The first-order valence-corrected chi connectivity index (χ1v) is 8.28. The standard InChI is InChI=1S/C20H22O4/c1-14(2)23-20(21)18-11-9-16-8-10-17(12-19(16)24-18)22-13-15-6-4-3-5-7-15/h3-8,10,12,14,18H,9,11,13H2,1-2H3. The number of ether oxygens (including phenoxy) is 3. The predicted molar refractivity (Wildman–Crippen MR) is 91.2 cm³/mol. The summed E-state index contributed by atoms with van der Waals surface area (Å²) in [7, 11) is 0. The molecule has 4 nitrogen and oxygen atoms in total. The third-order valence-corrected chi connectivity index (χ3v) is 3.85. The molecule has 0 fully saturated rings. The number of hydrogen-bond donors (Lipinski definition) is 0. The lowest BCUT2D eigenvalue weighted by atomic mass is 10.0. The van der Waals surface area contributed by atoms with E-state index in [-0.39, 0.29) is 12.1 Å². The van der Waals surface area contributed by atoms with Crippen LogP contribution in [0.4, 0.5) is 0 Å². The van der Waals surface area contributed by atoms with E-state index < -0.39 is 6.10 Å². The Morgan fingerprint density at radius 1 is 1.21 bits per heavy atom. The first kappa shape index (κ1) is 16.4. The van der Waals surface area contributed by atoms with Crippen LogP contribution in [-0.4, -0.2) is 18.2 Å². The van der Waals surface area contributed by atoms with E-state index in [0.717, 1.165) is 23.3 Å². The summed E-state index contributed by atoms with van der Waals surface area (Å²) in [6.07, 6.45) is 0.766. The second kappa shape index (κ2) is 7.39. The summed E-state index contributed by atoms with van der Waals surface area (Å²) in [5, 5.41) is 0. The highest BCUT2D eigenvalue weighted by Gasteiger charge is 2.28. The molecule has 0 aromatic heterocycles. The van der Waals surface area contributed by atoms with Crippen LogP contribution >= 0.6 is 0 Å². The Bertz CT molecular complexity index is 694. The molecule has 0 aliphatic carbocycles. The van der Waals surface area contributed by atoms with Crippen molar-refractivity contribution in [2.75, 3.05) is 0 Å². The minimum Gasteiger partial charge on any atom is -0.489 e. The number of benzene rings is 2. The van der Waals surface area contributed by atoms with Gasteiger partial charge in [-0.25, -0.2) is 4.79 Å². The van der Waals surface area contributed by atoms with Crippen molar-refractivity contribution in [3.63, 3.8) is 0 Å². The van der Waals surface area contributed by atoms with Gasteiger partial charge in [0.1, 0.15) is 18.1 Å². The summed E-state index contributed by atoms with van der Waals surface area (Å²) in [5.41, 5.74) is 2.20. The van der Waals surface area contributed by atoms with Crippen molar-refractivity contribution in [1.82, 2.24) is 0 Å². The van der Waals surface area contributed by atoms with Gasteiger partial charge in [0.15, 0.2) is 6.10 Å². The van der Waals surface area contributed by atoms with Crippen LogP contribution in [0.5, 0.6) is 11.5 Å². The lowest BCUT2D eigenvalue weighted by Crippen LogP contribution is -2.34. The van der Waals surface area contributed by atoms with E-state index in [9.17, 15) is 4.79 Å². The van der Waals surface area contributed by atoms with Gasteiger partial charge in [-0.3, -0.25) is 0 Å². The molecule has 1 unspecified atom stereocenters. The molecule has 0 spiro atoms. The molecule has 1 atom stereocenters. The van der Waals surface area contributed by atoms with Gasteiger partial charge in [-0.1, -0.05) is 36.4 Å². The van der Waals surface area contributed by atoms with Crippen molar-refractivity contribution >= 4 is 5.97 Å². The monoisotopic (exact) mass is 326 g/mol. The van der Waals surface area contributed by atoms with Gasteiger partial charge >= 0.3 is 5.97 Å². The molecule has 3 rings (SSSR count). The van der Waals surface area contributed by atoms with E-state index in [4.69, 9.17) is 14.2 Å². The molecule has 1 aliphatic rings. The molecule has 2 aromatic carbocycles. The summed E-state index contributed by atoms with van der Waals surface area (Å²) in [6, 6.07) is 15.8. The van der Waals surface area contributed by atoms with Gasteiger partial charge in [0.2, 0.25) is 0 Å². The second-order valence-corrected chi connectivity index (χ2v) is 6.17. The number of carbonyl (C=O) groups is 1. The highest BCUT2D eigenvalue weighted by molar-refractivity contribution is 5.75. The predicted octanol–water partition coefficient (Wildman–Crippen LogP) is 3.91. The van der Waals surface area contributed by atoms with Crippen molar-refractivity contribution < 1.29 is 19.0 Å². The number of esters is 1. The Hall–Kier alpha value is -2.49. The molecular weight excluding hydrogens is 304 g/mol. The minimum atomic E-state index is -0.538. The number of hydrogen-bond acceptors (Lipinski definition) is 4. The fourth-order valence-electron chi connectivity index (χ4n) is 2.65. The highest BCUT2D eigenvalue weighted by Crippen LogP contribution is 2.32. The lowest BCUT2D eigenvalue weighted by Gasteiger charge is -2.25. The van der Waals surface area contributed by atoms with Gasteiger partial charge in [0, 0.05) is 6.07 Å². The molecule has 0 saturated heterocycles. The summed E-state index contributed by atoms with van der Waals surface area (Å²) >= 11 is 0. The Balaban J connectivity index is 1.66. The Kier molecular flexibility index (Phi) is 5.04. The average Bonchev–Trinajstić information content (AvgIpc) is 2.59. The molecule has 126 valence electrons. The number of aryl methyl sites for hydroxylation is 1. The van der Waals surface area contributed by atoms with E-state index in [1.54, 1.807) is 0 Å². The van der Waals surface area contributed by atoms with Crippen molar-refractivity contribution in [1.29, 1.82) is 0 Å². The smallest absolute Gasteiger partial charge is 0.347 e. The van der Waals surface area contributed by atoms with Crippen molar-refractivity contribution in [3.8, 4) is 11.5 Å². The quantitative estimate of drug-likeness (QED) is 0.782. The van der Waals surface area contributed by atoms with E-state index in [2.05, 4.69) is 0 Å². The molecule has 2 aromatic rings. The van der Waals surface area contributed by atoms with E-state index in [1.807, 2.05) is 62.4 Å². The maximum Gasteiger partial charge on any atom is 0.347 e. The zero-order valence-electron chi connectivity index (χ0n) is 14.0. The molecule has 0 radical (unpaired) electrons. The van der Waals surface area contributed by atoms with Crippen LogP contribution < -0.4 is 9.47 Å². The second-order valence-electron chi connectivity index (χ2n) is 6.17. The van der Waals surface area contributed by atoms with Crippen molar-refractivity contribution in [2.24, 2.45) is 0 Å².